The van der Waals surface area contributed by atoms with Crippen LogP contribution in [0.25, 0.3) is 0 Å². The summed E-state index contributed by atoms with van der Waals surface area (Å²) >= 11 is 0. The Labute approximate surface area is 124 Å². The van der Waals surface area contributed by atoms with Gasteiger partial charge in [0.15, 0.2) is 0 Å². The Hall–Kier alpha value is -0.795. The zero-order valence-electron chi connectivity index (χ0n) is 13.9. The van der Waals surface area contributed by atoms with Crippen molar-refractivity contribution >= 4 is 7.12 Å². The Morgan fingerprint density at radius 3 is 1.90 bits per heavy atom. The molecule has 1 unspecified atom stereocenters. The van der Waals surface area contributed by atoms with E-state index < -0.39 is 0 Å². The number of aryl methyl sites for hydroxylation is 1. The van der Waals surface area contributed by atoms with Gasteiger partial charge in [0.2, 0.25) is 0 Å². The first kappa shape index (κ1) is 15.6. The second-order valence-corrected chi connectivity index (χ2v) is 7.25. The average molecular weight is 274 g/mol. The van der Waals surface area contributed by atoms with E-state index in [4.69, 9.17) is 9.31 Å². The van der Waals surface area contributed by atoms with Crippen molar-refractivity contribution in [3.8, 4) is 0 Å². The number of benzene rings is 1. The summed E-state index contributed by atoms with van der Waals surface area (Å²) in [6.45, 7) is 15.1. The van der Waals surface area contributed by atoms with Gasteiger partial charge < -0.3 is 9.31 Å². The van der Waals surface area contributed by atoms with Gasteiger partial charge in [-0.15, -0.1) is 0 Å². The van der Waals surface area contributed by atoms with E-state index in [1.165, 1.54) is 11.1 Å². The van der Waals surface area contributed by atoms with E-state index in [0.29, 0.717) is 5.92 Å². The number of hydrogen-bond donors (Lipinski definition) is 0. The van der Waals surface area contributed by atoms with Crippen LogP contribution in [0.3, 0.4) is 0 Å². The Balaban J connectivity index is 2.35. The van der Waals surface area contributed by atoms with Gasteiger partial charge in [-0.25, -0.2) is 0 Å². The maximum Gasteiger partial charge on any atom is 0.466 e. The van der Waals surface area contributed by atoms with Gasteiger partial charge in [0.05, 0.1) is 11.2 Å². The predicted molar refractivity (Wildman–Crippen MR) is 84.8 cm³/mol. The van der Waals surface area contributed by atoms with Crippen molar-refractivity contribution in [3.05, 3.63) is 35.4 Å². The smallest absolute Gasteiger partial charge is 0.403 e. The van der Waals surface area contributed by atoms with Crippen LogP contribution in [-0.4, -0.2) is 18.3 Å². The van der Waals surface area contributed by atoms with Gasteiger partial charge in [-0.2, -0.15) is 0 Å². The van der Waals surface area contributed by atoms with Crippen molar-refractivity contribution in [3.63, 3.8) is 0 Å². The van der Waals surface area contributed by atoms with E-state index in [1.807, 2.05) is 0 Å². The molecule has 0 aromatic heterocycles. The fourth-order valence-corrected chi connectivity index (χ4v) is 2.82. The van der Waals surface area contributed by atoms with Crippen LogP contribution in [0.1, 0.15) is 58.5 Å². The topological polar surface area (TPSA) is 18.5 Å². The first-order valence-electron chi connectivity index (χ1n) is 7.57. The molecule has 0 saturated carbocycles. The highest BCUT2D eigenvalue weighted by atomic mass is 16.7. The fourth-order valence-electron chi connectivity index (χ4n) is 2.82. The molecule has 0 radical (unpaired) electrons. The molecule has 0 aliphatic carbocycles. The maximum absolute atomic E-state index is 6.27. The largest absolute Gasteiger partial charge is 0.466 e. The summed E-state index contributed by atoms with van der Waals surface area (Å²) in [4.78, 5) is 0. The lowest BCUT2D eigenvalue weighted by Gasteiger charge is -2.32. The molecule has 1 aromatic rings. The molecule has 1 atom stereocenters. The van der Waals surface area contributed by atoms with Gasteiger partial charge in [0.25, 0.3) is 0 Å². The predicted octanol–water partition coefficient (Wildman–Crippen LogP) is 4.37. The summed E-state index contributed by atoms with van der Waals surface area (Å²) in [5.74, 6) is 0.725. The molecule has 0 N–H and O–H groups in total. The molecule has 1 aliphatic heterocycles. The second kappa shape index (κ2) is 5.20. The van der Waals surface area contributed by atoms with E-state index in [2.05, 4.69) is 72.7 Å². The Bertz CT molecular complexity index is 464. The SMILES string of the molecule is Cc1ccccc1C(B1OC(C)(C)C(C)(C)O1)C(C)C. The molecule has 2 nitrogen and oxygen atoms in total. The molecule has 1 fully saturated rings. The molecular formula is C17H27BO2. The Kier molecular flexibility index (Phi) is 4.05. The molecule has 20 heavy (non-hydrogen) atoms. The van der Waals surface area contributed by atoms with Crippen LogP contribution in [0.2, 0.25) is 0 Å². The monoisotopic (exact) mass is 274 g/mol. The van der Waals surface area contributed by atoms with Crippen LogP contribution < -0.4 is 0 Å². The van der Waals surface area contributed by atoms with Crippen molar-refractivity contribution in [2.75, 3.05) is 0 Å². The number of rotatable bonds is 3. The minimum absolute atomic E-state index is 0.180. The summed E-state index contributed by atoms with van der Waals surface area (Å²) in [6.07, 6.45) is 0. The average Bonchev–Trinajstić information content (AvgIpc) is 2.50. The maximum atomic E-state index is 6.27. The quantitative estimate of drug-likeness (QED) is 0.762. The molecule has 0 spiro atoms. The van der Waals surface area contributed by atoms with Crippen LogP contribution in [0.4, 0.5) is 0 Å². The Morgan fingerprint density at radius 1 is 0.950 bits per heavy atom. The van der Waals surface area contributed by atoms with Gasteiger partial charge in [-0.05, 0) is 51.7 Å². The van der Waals surface area contributed by atoms with E-state index in [9.17, 15) is 0 Å². The molecule has 1 aliphatic rings. The third kappa shape index (κ3) is 2.66. The van der Waals surface area contributed by atoms with Crippen LogP contribution in [-0.2, 0) is 9.31 Å². The molecule has 1 saturated heterocycles. The standard InChI is InChI=1S/C17H27BO2/c1-12(2)15(14-11-9-8-10-13(14)3)18-19-16(4,5)17(6,7)20-18/h8-12,15H,1-7H3. The highest BCUT2D eigenvalue weighted by Crippen LogP contribution is 2.43. The van der Waals surface area contributed by atoms with E-state index in [-0.39, 0.29) is 24.1 Å². The van der Waals surface area contributed by atoms with Gasteiger partial charge >= 0.3 is 7.12 Å². The van der Waals surface area contributed by atoms with Gasteiger partial charge in [0, 0.05) is 5.82 Å². The second-order valence-electron chi connectivity index (χ2n) is 7.25. The highest BCUT2D eigenvalue weighted by Gasteiger charge is 2.54. The van der Waals surface area contributed by atoms with Crippen LogP contribution in [0, 0.1) is 12.8 Å². The van der Waals surface area contributed by atoms with Crippen molar-refractivity contribution in [2.45, 2.75) is 65.5 Å². The van der Waals surface area contributed by atoms with Crippen molar-refractivity contribution in [2.24, 2.45) is 5.92 Å². The van der Waals surface area contributed by atoms with Crippen LogP contribution in [0.5, 0.6) is 0 Å². The summed E-state index contributed by atoms with van der Waals surface area (Å²) in [7, 11) is -0.180. The number of hydrogen-bond acceptors (Lipinski definition) is 2. The van der Waals surface area contributed by atoms with Crippen LogP contribution in [0.15, 0.2) is 24.3 Å². The summed E-state index contributed by atoms with van der Waals surface area (Å²) < 4.78 is 12.5. The van der Waals surface area contributed by atoms with Gasteiger partial charge in [-0.1, -0.05) is 38.1 Å². The molecule has 1 aromatic carbocycles. The highest BCUT2D eigenvalue weighted by molar-refractivity contribution is 6.47. The summed E-state index contributed by atoms with van der Waals surface area (Å²) in [5, 5.41) is 0. The van der Waals surface area contributed by atoms with Crippen molar-refractivity contribution in [1.82, 2.24) is 0 Å². The van der Waals surface area contributed by atoms with Crippen molar-refractivity contribution in [1.29, 1.82) is 0 Å². The van der Waals surface area contributed by atoms with Crippen LogP contribution >= 0.6 is 0 Å². The lowest BCUT2D eigenvalue weighted by molar-refractivity contribution is 0.00578. The first-order valence-corrected chi connectivity index (χ1v) is 7.57. The molecule has 3 heteroatoms. The normalized spacial score (nSPS) is 22.3. The molecule has 0 amide bonds. The van der Waals surface area contributed by atoms with E-state index in [1.54, 1.807) is 0 Å². The van der Waals surface area contributed by atoms with Crippen molar-refractivity contribution < 1.29 is 9.31 Å². The van der Waals surface area contributed by atoms with E-state index >= 15 is 0 Å². The third-order valence-electron chi connectivity index (χ3n) is 4.83. The first-order chi connectivity index (χ1) is 9.16. The molecule has 2 rings (SSSR count). The molecular weight excluding hydrogens is 247 g/mol. The van der Waals surface area contributed by atoms with Gasteiger partial charge in [-0.3, -0.25) is 0 Å². The summed E-state index contributed by atoms with van der Waals surface area (Å²) in [5.41, 5.74) is 2.10. The molecule has 0 bridgehead atoms. The van der Waals surface area contributed by atoms with Gasteiger partial charge in [0.1, 0.15) is 0 Å². The third-order valence-corrected chi connectivity index (χ3v) is 4.83. The minimum atomic E-state index is -0.270. The fraction of sp³-hybridized carbons (Fsp3) is 0.647. The molecule has 1 heterocycles. The zero-order chi connectivity index (χ0) is 15.1. The Morgan fingerprint density at radius 2 is 1.45 bits per heavy atom. The zero-order valence-corrected chi connectivity index (χ0v) is 13.9. The van der Waals surface area contributed by atoms with E-state index in [0.717, 1.165) is 0 Å². The minimum Gasteiger partial charge on any atom is -0.403 e. The summed E-state index contributed by atoms with van der Waals surface area (Å²) in [6, 6.07) is 8.55. The lowest BCUT2D eigenvalue weighted by Crippen LogP contribution is -2.41. The lowest BCUT2D eigenvalue weighted by atomic mass is 9.61. The molecule has 110 valence electrons.